The number of piperazine rings is 1. The molecule has 2 aliphatic heterocycles. The number of nitrogens with zero attached hydrogens (tertiary/aromatic N) is 3. The van der Waals surface area contributed by atoms with Crippen molar-refractivity contribution in [2.75, 3.05) is 50.7 Å². The second-order valence-corrected chi connectivity index (χ2v) is 6.19. The number of thiazole rings is 1. The van der Waals surface area contributed by atoms with E-state index in [4.69, 9.17) is 0 Å². The van der Waals surface area contributed by atoms with Crippen LogP contribution in [0.3, 0.4) is 0 Å². The van der Waals surface area contributed by atoms with Gasteiger partial charge < -0.3 is 10.2 Å². The maximum atomic E-state index is 4.40. The average Bonchev–Trinajstić information content (AvgIpc) is 2.95. The maximum Gasteiger partial charge on any atom is 0.185 e. The van der Waals surface area contributed by atoms with Crippen LogP contribution in [0.15, 0.2) is 11.6 Å². The first-order valence-electron chi connectivity index (χ1n) is 6.99. The van der Waals surface area contributed by atoms with Gasteiger partial charge in [0.15, 0.2) is 5.13 Å². The number of rotatable bonds is 3. The van der Waals surface area contributed by atoms with E-state index in [2.05, 4.69) is 25.5 Å². The van der Waals surface area contributed by atoms with Gasteiger partial charge in [0.25, 0.3) is 0 Å². The first-order chi connectivity index (χ1) is 8.92. The molecular formula is C13H22N4S. The first kappa shape index (κ1) is 12.4. The van der Waals surface area contributed by atoms with Crippen molar-refractivity contribution in [3.05, 3.63) is 11.6 Å². The van der Waals surface area contributed by atoms with Gasteiger partial charge >= 0.3 is 0 Å². The van der Waals surface area contributed by atoms with Crippen LogP contribution in [0.1, 0.15) is 12.8 Å². The largest absolute Gasteiger partial charge is 0.346 e. The average molecular weight is 266 g/mol. The summed E-state index contributed by atoms with van der Waals surface area (Å²) >= 11 is 1.75. The van der Waals surface area contributed by atoms with Gasteiger partial charge in [0.05, 0.1) is 0 Å². The van der Waals surface area contributed by atoms with Crippen LogP contribution < -0.4 is 10.2 Å². The summed E-state index contributed by atoms with van der Waals surface area (Å²) in [5, 5.41) is 6.76. The van der Waals surface area contributed by atoms with Gasteiger partial charge in [0.1, 0.15) is 0 Å². The zero-order chi connectivity index (χ0) is 12.2. The molecule has 18 heavy (non-hydrogen) atoms. The highest BCUT2D eigenvalue weighted by Gasteiger charge is 2.22. The molecule has 5 heteroatoms. The SMILES string of the molecule is c1csc(N2CCN(CC3CCCNC3)CC2)n1. The van der Waals surface area contributed by atoms with E-state index >= 15 is 0 Å². The molecular weight excluding hydrogens is 244 g/mol. The van der Waals surface area contributed by atoms with Crippen molar-refractivity contribution in [3.8, 4) is 0 Å². The highest BCUT2D eigenvalue weighted by Crippen LogP contribution is 2.20. The van der Waals surface area contributed by atoms with E-state index in [1.165, 1.54) is 50.7 Å². The molecule has 2 saturated heterocycles. The van der Waals surface area contributed by atoms with Crippen LogP contribution in [0.25, 0.3) is 0 Å². The molecule has 0 saturated carbocycles. The summed E-state index contributed by atoms with van der Waals surface area (Å²) in [6.45, 7) is 8.35. The number of aromatic nitrogens is 1. The van der Waals surface area contributed by atoms with Crippen LogP contribution in [-0.2, 0) is 0 Å². The van der Waals surface area contributed by atoms with E-state index in [9.17, 15) is 0 Å². The summed E-state index contributed by atoms with van der Waals surface area (Å²) in [5.74, 6) is 0.866. The fourth-order valence-electron chi connectivity index (χ4n) is 2.94. The number of nitrogens with one attached hydrogen (secondary N) is 1. The summed E-state index contributed by atoms with van der Waals surface area (Å²) in [4.78, 5) is 9.44. The van der Waals surface area contributed by atoms with Crippen LogP contribution in [0.2, 0.25) is 0 Å². The molecule has 0 spiro atoms. The Hall–Kier alpha value is -0.650. The van der Waals surface area contributed by atoms with Crippen LogP contribution in [0.4, 0.5) is 5.13 Å². The molecule has 4 nitrogen and oxygen atoms in total. The quantitative estimate of drug-likeness (QED) is 0.892. The van der Waals surface area contributed by atoms with Crippen LogP contribution in [0, 0.1) is 5.92 Å². The Morgan fingerprint density at radius 2 is 2.22 bits per heavy atom. The Balaban J connectivity index is 1.45. The minimum Gasteiger partial charge on any atom is -0.346 e. The van der Waals surface area contributed by atoms with E-state index in [1.54, 1.807) is 11.3 Å². The summed E-state index contributed by atoms with van der Waals surface area (Å²) in [6, 6.07) is 0. The van der Waals surface area contributed by atoms with Crippen LogP contribution in [-0.4, -0.2) is 55.7 Å². The molecule has 0 amide bonds. The van der Waals surface area contributed by atoms with Gasteiger partial charge in [0.2, 0.25) is 0 Å². The van der Waals surface area contributed by atoms with Crippen molar-refractivity contribution in [1.82, 2.24) is 15.2 Å². The molecule has 0 radical (unpaired) electrons. The summed E-state index contributed by atoms with van der Waals surface area (Å²) in [6.07, 6.45) is 4.66. The Kier molecular flexibility index (Phi) is 4.13. The van der Waals surface area contributed by atoms with Crippen molar-refractivity contribution in [2.45, 2.75) is 12.8 Å². The van der Waals surface area contributed by atoms with Crippen LogP contribution >= 0.6 is 11.3 Å². The Morgan fingerprint density at radius 3 is 2.89 bits per heavy atom. The molecule has 0 bridgehead atoms. The van der Waals surface area contributed by atoms with Gasteiger partial charge in [-0.15, -0.1) is 11.3 Å². The lowest BCUT2D eigenvalue weighted by molar-refractivity contribution is 0.199. The molecule has 1 aromatic heterocycles. The van der Waals surface area contributed by atoms with Gasteiger partial charge in [0, 0.05) is 44.3 Å². The molecule has 1 aromatic rings. The standard InChI is InChI=1S/C13H22N4S/c1-2-12(10-14-3-1)11-16-5-7-17(8-6-16)13-15-4-9-18-13/h4,9,12,14H,1-3,5-8,10-11H2. The lowest BCUT2D eigenvalue weighted by atomic mass is 9.99. The van der Waals surface area contributed by atoms with Gasteiger partial charge in [-0.25, -0.2) is 4.98 Å². The van der Waals surface area contributed by atoms with Crippen molar-refractivity contribution >= 4 is 16.5 Å². The van der Waals surface area contributed by atoms with Gasteiger partial charge in [-0.3, -0.25) is 4.90 Å². The van der Waals surface area contributed by atoms with E-state index in [0.717, 1.165) is 19.0 Å². The third kappa shape index (κ3) is 3.02. The smallest absolute Gasteiger partial charge is 0.185 e. The normalized spacial score (nSPS) is 26.4. The van der Waals surface area contributed by atoms with Crippen molar-refractivity contribution < 1.29 is 0 Å². The molecule has 3 heterocycles. The second kappa shape index (κ2) is 5.99. The highest BCUT2D eigenvalue weighted by molar-refractivity contribution is 7.13. The molecule has 2 fully saturated rings. The molecule has 0 aromatic carbocycles. The molecule has 1 atom stereocenters. The Morgan fingerprint density at radius 1 is 1.33 bits per heavy atom. The predicted molar refractivity (Wildman–Crippen MR) is 76.4 cm³/mol. The predicted octanol–water partition coefficient (Wildman–Crippen LogP) is 1.26. The van der Waals surface area contributed by atoms with E-state index in [1.807, 2.05) is 6.20 Å². The molecule has 1 N–H and O–H groups in total. The maximum absolute atomic E-state index is 4.40. The Labute approximate surface area is 113 Å². The van der Waals surface area contributed by atoms with Crippen LogP contribution in [0.5, 0.6) is 0 Å². The summed E-state index contributed by atoms with van der Waals surface area (Å²) in [7, 11) is 0. The number of anilines is 1. The fraction of sp³-hybridized carbons (Fsp3) is 0.769. The summed E-state index contributed by atoms with van der Waals surface area (Å²) in [5.41, 5.74) is 0. The fourth-order valence-corrected chi connectivity index (χ4v) is 3.64. The zero-order valence-corrected chi connectivity index (χ0v) is 11.7. The molecule has 3 rings (SSSR count). The molecule has 1 unspecified atom stereocenters. The number of piperidine rings is 1. The molecule has 2 aliphatic rings. The van der Waals surface area contributed by atoms with Gasteiger partial charge in [-0.2, -0.15) is 0 Å². The lowest BCUT2D eigenvalue weighted by Crippen LogP contribution is -2.49. The zero-order valence-electron chi connectivity index (χ0n) is 10.8. The second-order valence-electron chi connectivity index (χ2n) is 5.31. The summed E-state index contributed by atoms with van der Waals surface area (Å²) < 4.78 is 0. The van der Waals surface area contributed by atoms with E-state index < -0.39 is 0 Å². The third-order valence-corrected chi connectivity index (χ3v) is 4.81. The first-order valence-corrected chi connectivity index (χ1v) is 7.87. The lowest BCUT2D eigenvalue weighted by Gasteiger charge is -2.37. The van der Waals surface area contributed by atoms with E-state index in [-0.39, 0.29) is 0 Å². The van der Waals surface area contributed by atoms with Crippen molar-refractivity contribution in [3.63, 3.8) is 0 Å². The van der Waals surface area contributed by atoms with Crippen molar-refractivity contribution in [1.29, 1.82) is 0 Å². The number of hydrogen-bond acceptors (Lipinski definition) is 5. The van der Waals surface area contributed by atoms with Gasteiger partial charge in [-0.05, 0) is 31.8 Å². The molecule has 0 aliphatic carbocycles. The number of hydrogen-bond donors (Lipinski definition) is 1. The highest BCUT2D eigenvalue weighted by atomic mass is 32.1. The van der Waals surface area contributed by atoms with Gasteiger partial charge in [-0.1, -0.05) is 0 Å². The van der Waals surface area contributed by atoms with E-state index in [0.29, 0.717) is 0 Å². The Bertz CT molecular complexity index is 340. The van der Waals surface area contributed by atoms with Crippen molar-refractivity contribution in [2.24, 2.45) is 5.92 Å². The molecule has 100 valence electrons. The minimum atomic E-state index is 0.866. The topological polar surface area (TPSA) is 31.4 Å². The monoisotopic (exact) mass is 266 g/mol. The third-order valence-electron chi connectivity index (χ3n) is 3.98. The minimum absolute atomic E-state index is 0.866.